The predicted molar refractivity (Wildman–Crippen MR) is 91.1 cm³/mol. The zero-order valence-electron chi connectivity index (χ0n) is 12.2. The van der Waals surface area contributed by atoms with Crippen LogP contribution in [0.2, 0.25) is 0 Å². The van der Waals surface area contributed by atoms with Crippen LogP contribution in [0.25, 0.3) is 0 Å². The van der Waals surface area contributed by atoms with Gasteiger partial charge in [0.1, 0.15) is 18.5 Å². The smallest absolute Gasteiger partial charge is 0.122 e. The average molecular weight is 370 g/mol. The summed E-state index contributed by atoms with van der Waals surface area (Å²) in [4.78, 5) is 1.24. The first-order chi connectivity index (χ1) is 10.0. The normalized spacial score (nSPS) is 12.4. The second kappa shape index (κ2) is 7.94. The number of benzene rings is 1. The van der Waals surface area contributed by atoms with E-state index in [-0.39, 0.29) is 0 Å². The Morgan fingerprint density at radius 1 is 1.33 bits per heavy atom. The van der Waals surface area contributed by atoms with Gasteiger partial charge in [-0.1, -0.05) is 17.7 Å². The molecule has 1 aromatic heterocycles. The van der Waals surface area contributed by atoms with Crippen LogP contribution in [0.4, 0.5) is 0 Å². The van der Waals surface area contributed by atoms with Crippen LogP contribution in [0, 0.1) is 13.8 Å². The fraction of sp³-hybridized carbons (Fsp3) is 0.375. The molecule has 3 nitrogen and oxygen atoms in total. The van der Waals surface area contributed by atoms with Gasteiger partial charge in [-0.3, -0.25) is 0 Å². The van der Waals surface area contributed by atoms with Gasteiger partial charge in [0.25, 0.3) is 0 Å². The maximum Gasteiger partial charge on any atom is 0.122 e. The van der Waals surface area contributed by atoms with Crippen molar-refractivity contribution >= 4 is 27.3 Å². The van der Waals surface area contributed by atoms with Crippen molar-refractivity contribution in [2.24, 2.45) is 0 Å². The summed E-state index contributed by atoms with van der Waals surface area (Å²) in [5, 5.41) is 15.2. The van der Waals surface area contributed by atoms with Crippen LogP contribution < -0.4 is 10.1 Å². The Labute approximate surface area is 138 Å². The fourth-order valence-electron chi connectivity index (χ4n) is 2.01. The van der Waals surface area contributed by atoms with E-state index >= 15 is 0 Å². The van der Waals surface area contributed by atoms with Crippen molar-refractivity contribution in [3.05, 3.63) is 50.1 Å². The number of aliphatic hydroxyl groups excluding tert-OH is 1. The molecule has 0 aliphatic heterocycles. The summed E-state index contributed by atoms with van der Waals surface area (Å²) in [5.41, 5.74) is 2.31. The van der Waals surface area contributed by atoms with Gasteiger partial charge in [-0.05, 0) is 47.5 Å². The van der Waals surface area contributed by atoms with Gasteiger partial charge < -0.3 is 15.2 Å². The standard InChI is InChI=1S/C16H20BrNO2S/c1-11-3-4-16(12(2)5-11)20-9-14(19)7-18-8-15-6-13(17)10-21-15/h3-6,10,14,18-19H,7-9H2,1-2H3. The molecule has 0 aliphatic rings. The van der Waals surface area contributed by atoms with Crippen LogP contribution in [0.1, 0.15) is 16.0 Å². The molecule has 5 heteroatoms. The zero-order valence-corrected chi connectivity index (χ0v) is 14.6. The largest absolute Gasteiger partial charge is 0.491 e. The average Bonchev–Trinajstić information content (AvgIpc) is 2.83. The maximum absolute atomic E-state index is 9.95. The summed E-state index contributed by atoms with van der Waals surface area (Å²) in [7, 11) is 0. The molecule has 0 radical (unpaired) electrons. The number of rotatable bonds is 7. The second-order valence-electron chi connectivity index (χ2n) is 5.10. The number of halogens is 1. The summed E-state index contributed by atoms with van der Waals surface area (Å²) in [6, 6.07) is 8.13. The quantitative estimate of drug-likeness (QED) is 0.782. The lowest BCUT2D eigenvalue weighted by Gasteiger charge is -2.14. The Bertz CT molecular complexity index is 585. The van der Waals surface area contributed by atoms with E-state index in [0.29, 0.717) is 13.2 Å². The lowest BCUT2D eigenvalue weighted by Crippen LogP contribution is -2.31. The van der Waals surface area contributed by atoms with Crippen molar-refractivity contribution in [2.75, 3.05) is 13.2 Å². The highest BCUT2D eigenvalue weighted by Gasteiger charge is 2.07. The van der Waals surface area contributed by atoms with Gasteiger partial charge in [-0.15, -0.1) is 11.3 Å². The lowest BCUT2D eigenvalue weighted by atomic mass is 10.1. The first-order valence-corrected chi connectivity index (χ1v) is 8.53. The van der Waals surface area contributed by atoms with Crippen molar-refractivity contribution in [3.8, 4) is 5.75 Å². The number of ether oxygens (including phenoxy) is 1. The van der Waals surface area contributed by atoms with Crippen molar-refractivity contribution < 1.29 is 9.84 Å². The monoisotopic (exact) mass is 369 g/mol. The molecule has 0 aliphatic carbocycles. The zero-order chi connectivity index (χ0) is 15.2. The Morgan fingerprint density at radius 3 is 2.81 bits per heavy atom. The summed E-state index contributed by atoms with van der Waals surface area (Å²) >= 11 is 5.12. The first-order valence-electron chi connectivity index (χ1n) is 6.86. The van der Waals surface area contributed by atoms with Crippen LogP contribution in [-0.4, -0.2) is 24.4 Å². The summed E-state index contributed by atoms with van der Waals surface area (Å²) < 4.78 is 6.77. The van der Waals surface area contributed by atoms with Crippen molar-refractivity contribution in [1.29, 1.82) is 0 Å². The van der Waals surface area contributed by atoms with E-state index in [9.17, 15) is 5.11 Å². The minimum absolute atomic E-state index is 0.297. The molecule has 1 unspecified atom stereocenters. The fourth-order valence-corrected chi connectivity index (χ4v) is 3.44. The van der Waals surface area contributed by atoms with Crippen LogP contribution in [0.15, 0.2) is 34.1 Å². The number of nitrogens with one attached hydrogen (secondary N) is 1. The van der Waals surface area contributed by atoms with Crippen LogP contribution >= 0.6 is 27.3 Å². The van der Waals surface area contributed by atoms with Gasteiger partial charge in [0.2, 0.25) is 0 Å². The molecule has 21 heavy (non-hydrogen) atoms. The minimum Gasteiger partial charge on any atom is -0.491 e. The van der Waals surface area contributed by atoms with Gasteiger partial charge in [-0.25, -0.2) is 0 Å². The molecule has 2 rings (SSSR count). The van der Waals surface area contributed by atoms with Crippen molar-refractivity contribution in [3.63, 3.8) is 0 Å². The van der Waals surface area contributed by atoms with Crippen molar-refractivity contribution in [2.45, 2.75) is 26.5 Å². The molecule has 0 spiro atoms. The first kappa shape index (κ1) is 16.5. The number of hydrogen-bond donors (Lipinski definition) is 2. The van der Waals surface area contributed by atoms with Gasteiger partial charge in [0.15, 0.2) is 0 Å². The molecule has 2 aromatic rings. The van der Waals surface area contributed by atoms with E-state index in [1.54, 1.807) is 11.3 Å². The van der Waals surface area contributed by atoms with Crippen LogP contribution in [0.3, 0.4) is 0 Å². The van der Waals surface area contributed by atoms with Crippen LogP contribution in [0.5, 0.6) is 5.75 Å². The summed E-state index contributed by atoms with van der Waals surface area (Å²) in [6.45, 7) is 5.64. The highest BCUT2D eigenvalue weighted by Crippen LogP contribution is 2.20. The highest BCUT2D eigenvalue weighted by atomic mass is 79.9. The van der Waals surface area contributed by atoms with Gasteiger partial charge >= 0.3 is 0 Å². The number of aliphatic hydroxyl groups is 1. The molecule has 1 aromatic carbocycles. The van der Waals surface area contributed by atoms with E-state index in [0.717, 1.165) is 22.3 Å². The summed E-state index contributed by atoms with van der Waals surface area (Å²) in [6.07, 6.45) is -0.519. The molecule has 2 N–H and O–H groups in total. The minimum atomic E-state index is -0.519. The predicted octanol–water partition coefficient (Wildman–Crippen LogP) is 3.66. The van der Waals surface area contributed by atoms with E-state index < -0.39 is 6.10 Å². The third-order valence-corrected chi connectivity index (χ3v) is 4.76. The molecule has 114 valence electrons. The third kappa shape index (κ3) is 5.43. The summed E-state index contributed by atoms with van der Waals surface area (Å²) in [5.74, 6) is 0.835. The van der Waals surface area contributed by atoms with Gasteiger partial charge in [-0.2, -0.15) is 0 Å². The van der Waals surface area contributed by atoms with E-state index in [1.807, 2.05) is 19.1 Å². The Morgan fingerprint density at radius 2 is 2.14 bits per heavy atom. The molecular formula is C16H20BrNO2S. The number of aryl methyl sites for hydroxylation is 2. The SMILES string of the molecule is Cc1ccc(OCC(O)CNCc2cc(Br)cs2)c(C)c1. The van der Waals surface area contributed by atoms with Crippen LogP contribution in [-0.2, 0) is 6.54 Å². The third-order valence-electron chi connectivity index (χ3n) is 3.06. The van der Waals surface area contributed by atoms with Gasteiger partial charge in [0, 0.05) is 27.8 Å². The van der Waals surface area contributed by atoms with E-state index in [2.05, 4.69) is 45.7 Å². The van der Waals surface area contributed by atoms with Crippen molar-refractivity contribution in [1.82, 2.24) is 5.32 Å². The molecule has 0 saturated heterocycles. The molecular weight excluding hydrogens is 350 g/mol. The Balaban J connectivity index is 1.70. The van der Waals surface area contributed by atoms with E-state index in [1.165, 1.54) is 10.4 Å². The molecule has 0 bridgehead atoms. The lowest BCUT2D eigenvalue weighted by molar-refractivity contribution is 0.106. The van der Waals surface area contributed by atoms with E-state index in [4.69, 9.17) is 4.74 Å². The molecule has 1 atom stereocenters. The Kier molecular flexibility index (Phi) is 6.23. The Hall–Kier alpha value is -0.880. The maximum atomic E-state index is 9.95. The molecule has 1 heterocycles. The molecule has 0 amide bonds. The van der Waals surface area contributed by atoms with Gasteiger partial charge in [0.05, 0.1) is 0 Å². The number of hydrogen-bond acceptors (Lipinski definition) is 4. The topological polar surface area (TPSA) is 41.5 Å². The molecule has 0 fully saturated rings. The highest BCUT2D eigenvalue weighted by molar-refractivity contribution is 9.10. The number of thiophene rings is 1. The second-order valence-corrected chi connectivity index (χ2v) is 7.01. The molecule has 0 saturated carbocycles.